The van der Waals surface area contributed by atoms with Crippen molar-refractivity contribution in [3.05, 3.63) is 35.1 Å². The quantitative estimate of drug-likeness (QED) is 0.840. The van der Waals surface area contributed by atoms with Crippen LogP contribution in [0.3, 0.4) is 0 Å². The highest BCUT2D eigenvalue weighted by atomic mass is 35.5. The number of nitrogens with two attached hydrogens (primary N) is 1. The maximum Gasteiger partial charge on any atom is 0.419 e. The molecule has 0 radical (unpaired) electrons. The van der Waals surface area contributed by atoms with Gasteiger partial charge in [0.05, 0.1) is 5.56 Å². The average Bonchev–Trinajstić information content (AvgIpc) is 2.45. The second kappa shape index (κ2) is 7.28. The zero-order valence-electron chi connectivity index (χ0n) is 11.7. The zero-order chi connectivity index (χ0) is 15.6. The second-order valence-electron chi connectivity index (χ2n) is 5.08. The number of piperidine rings is 1. The number of alkyl halides is 3. The van der Waals surface area contributed by atoms with Gasteiger partial charge in [0, 0.05) is 24.7 Å². The van der Waals surface area contributed by atoms with Crippen LogP contribution in [0.5, 0.6) is 0 Å². The van der Waals surface area contributed by atoms with Crippen molar-refractivity contribution in [3.8, 4) is 0 Å². The molecule has 22 heavy (non-hydrogen) atoms. The van der Waals surface area contributed by atoms with Crippen LogP contribution < -0.4 is 5.73 Å². The second-order valence-corrected chi connectivity index (χ2v) is 5.08. The van der Waals surface area contributed by atoms with E-state index >= 15 is 0 Å². The molecular formula is C14H17ClF4N2O. The van der Waals surface area contributed by atoms with Crippen LogP contribution in [0.1, 0.15) is 35.2 Å². The summed E-state index contributed by atoms with van der Waals surface area (Å²) in [5, 5.41) is 0. The van der Waals surface area contributed by atoms with E-state index in [1.807, 2.05) is 0 Å². The van der Waals surface area contributed by atoms with Gasteiger partial charge in [0.1, 0.15) is 5.82 Å². The Balaban J connectivity index is 0.00000242. The number of carbonyl (C=O) groups is 1. The number of hydrogen-bond acceptors (Lipinski definition) is 2. The fourth-order valence-electron chi connectivity index (χ4n) is 2.55. The number of amides is 1. The summed E-state index contributed by atoms with van der Waals surface area (Å²) in [6, 6.07) is 2.15. The number of carbonyl (C=O) groups excluding carboxylic acids is 1. The molecule has 8 heteroatoms. The first-order valence-corrected chi connectivity index (χ1v) is 6.72. The van der Waals surface area contributed by atoms with E-state index in [1.165, 1.54) is 4.90 Å². The molecule has 1 heterocycles. The summed E-state index contributed by atoms with van der Waals surface area (Å²) in [4.78, 5) is 13.8. The first-order chi connectivity index (χ1) is 9.84. The third-order valence-electron chi connectivity index (χ3n) is 3.68. The Bertz CT molecular complexity index is 536. The number of halogens is 5. The minimum atomic E-state index is -4.82. The molecule has 1 aliphatic rings. The van der Waals surface area contributed by atoms with E-state index in [9.17, 15) is 22.4 Å². The molecule has 1 unspecified atom stereocenters. The van der Waals surface area contributed by atoms with E-state index in [4.69, 9.17) is 5.73 Å². The van der Waals surface area contributed by atoms with E-state index in [0.717, 1.165) is 25.3 Å². The van der Waals surface area contributed by atoms with Crippen LogP contribution in [-0.2, 0) is 6.18 Å². The number of benzene rings is 1. The van der Waals surface area contributed by atoms with Gasteiger partial charge in [-0.1, -0.05) is 0 Å². The van der Waals surface area contributed by atoms with Crippen LogP contribution in [-0.4, -0.2) is 29.9 Å². The molecule has 3 nitrogen and oxygen atoms in total. The molecular weight excluding hydrogens is 324 g/mol. The smallest absolute Gasteiger partial charge is 0.334 e. The summed E-state index contributed by atoms with van der Waals surface area (Å²) < 4.78 is 51.3. The van der Waals surface area contributed by atoms with Crippen molar-refractivity contribution in [2.45, 2.75) is 31.5 Å². The number of rotatable bonds is 2. The summed E-state index contributed by atoms with van der Waals surface area (Å²) in [7, 11) is 0. The van der Waals surface area contributed by atoms with Crippen molar-refractivity contribution in [1.29, 1.82) is 0 Å². The van der Waals surface area contributed by atoms with Crippen LogP contribution in [0.4, 0.5) is 17.6 Å². The Morgan fingerprint density at radius 3 is 2.59 bits per heavy atom. The average molecular weight is 341 g/mol. The monoisotopic (exact) mass is 340 g/mol. The van der Waals surface area contributed by atoms with Gasteiger partial charge in [0.25, 0.3) is 5.91 Å². The van der Waals surface area contributed by atoms with E-state index in [2.05, 4.69) is 0 Å². The SMILES string of the molecule is Cl.NCC1CCCCN1C(=O)c1ccc(F)c(C(F)(F)F)c1. The van der Waals surface area contributed by atoms with Gasteiger partial charge in [-0.05, 0) is 37.5 Å². The lowest BCUT2D eigenvalue weighted by atomic mass is 10.00. The maximum atomic E-state index is 13.2. The zero-order valence-corrected chi connectivity index (χ0v) is 12.5. The van der Waals surface area contributed by atoms with Crippen LogP contribution in [0.25, 0.3) is 0 Å². The molecule has 0 spiro atoms. The normalized spacial score (nSPS) is 18.8. The summed E-state index contributed by atoms with van der Waals surface area (Å²) >= 11 is 0. The highest BCUT2D eigenvalue weighted by Crippen LogP contribution is 2.32. The van der Waals surface area contributed by atoms with E-state index in [0.29, 0.717) is 18.7 Å². The molecule has 1 amide bonds. The summed E-state index contributed by atoms with van der Waals surface area (Å²) in [5.41, 5.74) is 4.01. The number of likely N-dealkylation sites (tertiary alicyclic amines) is 1. The molecule has 0 aliphatic carbocycles. The van der Waals surface area contributed by atoms with E-state index < -0.39 is 23.5 Å². The highest BCUT2D eigenvalue weighted by molar-refractivity contribution is 5.94. The lowest BCUT2D eigenvalue weighted by Gasteiger charge is -2.35. The van der Waals surface area contributed by atoms with Gasteiger partial charge < -0.3 is 10.6 Å². The fourth-order valence-corrected chi connectivity index (χ4v) is 2.55. The van der Waals surface area contributed by atoms with Crippen LogP contribution in [0, 0.1) is 5.82 Å². The van der Waals surface area contributed by atoms with Crippen LogP contribution >= 0.6 is 12.4 Å². The lowest BCUT2D eigenvalue weighted by molar-refractivity contribution is -0.140. The minimum absolute atomic E-state index is 0. The minimum Gasteiger partial charge on any atom is -0.334 e. The van der Waals surface area contributed by atoms with Crippen molar-refractivity contribution in [1.82, 2.24) is 4.90 Å². The molecule has 2 rings (SSSR count). The van der Waals surface area contributed by atoms with Crippen LogP contribution in [0.15, 0.2) is 18.2 Å². The van der Waals surface area contributed by atoms with E-state index in [1.54, 1.807) is 0 Å². The van der Waals surface area contributed by atoms with Gasteiger partial charge in [0.15, 0.2) is 0 Å². The Kier molecular flexibility index (Phi) is 6.19. The standard InChI is InChI=1S/C14H16F4N2O.ClH/c15-12-5-4-9(7-11(12)14(16,17)18)13(21)20-6-2-1-3-10(20)8-19;/h4-5,7,10H,1-3,6,8,19H2;1H. The fraction of sp³-hybridized carbons (Fsp3) is 0.500. The van der Waals surface area contributed by atoms with Crippen LogP contribution in [0.2, 0.25) is 0 Å². The van der Waals surface area contributed by atoms with Crippen molar-refractivity contribution >= 4 is 18.3 Å². The molecule has 1 saturated heterocycles. The Hall–Kier alpha value is -1.34. The van der Waals surface area contributed by atoms with Gasteiger partial charge in [-0.15, -0.1) is 12.4 Å². The van der Waals surface area contributed by atoms with Gasteiger partial charge in [-0.25, -0.2) is 4.39 Å². The summed E-state index contributed by atoms with van der Waals surface area (Å²) in [6.45, 7) is 0.721. The number of nitrogens with zero attached hydrogens (tertiary/aromatic N) is 1. The molecule has 1 atom stereocenters. The topological polar surface area (TPSA) is 46.3 Å². The van der Waals surface area contributed by atoms with Gasteiger partial charge in [-0.3, -0.25) is 4.79 Å². The molecule has 1 aromatic carbocycles. The Morgan fingerprint density at radius 2 is 2.00 bits per heavy atom. The van der Waals surface area contributed by atoms with Gasteiger partial charge >= 0.3 is 6.18 Å². The Morgan fingerprint density at radius 1 is 1.32 bits per heavy atom. The van der Waals surface area contributed by atoms with Crippen molar-refractivity contribution in [2.75, 3.05) is 13.1 Å². The van der Waals surface area contributed by atoms with Gasteiger partial charge in [-0.2, -0.15) is 13.2 Å². The molecule has 0 bridgehead atoms. The summed E-state index contributed by atoms with van der Waals surface area (Å²) in [6.07, 6.45) is -2.37. The maximum absolute atomic E-state index is 13.2. The molecule has 2 N–H and O–H groups in total. The third kappa shape index (κ3) is 3.89. The van der Waals surface area contributed by atoms with Crippen molar-refractivity contribution in [3.63, 3.8) is 0 Å². The molecule has 1 aliphatic heterocycles. The molecule has 1 fully saturated rings. The molecule has 0 saturated carbocycles. The summed E-state index contributed by atoms with van der Waals surface area (Å²) in [5.74, 6) is -1.91. The molecule has 0 aromatic heterocycles. The first kappa shape index (κ1) is 18.7. The van der Waals surface area contributed by atoms with Crippen molar-refractivity contribution in [2.24, 2.45) is 5.73 Å². The predicted molar refractivity (Wildman–Crippen MR) is 76.4 cm³/mol. The Labute approximate surface area is 131 Å². The largest absolute Gasteiger partial charge is 0.419 e. The number of hydrogen-bond donors (Lipinski definition) is 1. The first-order valence-electron chi connectivity index (χ1n) is 6.72. The van der Waals surface area contributed by atoms with E-state index in [-0.39, 0.29) is 30.6 Å². The third-order valence-corrected chi connectivity index (χ3v) is 3.68. The lowest BCUT2D eigenvalue weighted by Crippen LogP contribution is -2.47. The molecule has 1 aromatic rings. The highest BCUT2D eigenvalue weighted by Gasteiger charge is 2.35. The van der Waals surface area contributed by atoms with Gasteiger partial charge in [0.2, 0.25) is 0 Å². The van der Waals surface area contributed by atoms with Crippen molar-refractivity contribution < 1.29 is 22.4 Å². The molecule has 124 valence electrons. The predicted octanol–water partition coefficient (Wildman–Crippen LogP) is 3.22.